The first-order valence-electron chi connectivity index (χ1n) is 5.69. The number of carbonyl (C=O) groups excluding carboxylic acids is 1. The Morgan fingerprint density at radius 2 is 1.67 bits per heavy atom. The van der Waals surface area contributed by atoms with Crippen molar-refractivity contribution < 1.29 is 23.1 Å². The fraction of sp³-hybridized carbons (Fsp3) is 0.462. The molecule has 1 aromatic rings. The Balaban J connectivity index is 3.30. The number of alkyl halides is 3. The first-order valence-corrected chi connectivity index (χ1v) is 5.69. The Labute approximate surface area is 103 Å². The van der Waals surface area contributed by atoms with Crippen LogP contribution in [0.15, 0.2) is 24.3 Å². The van der Waals surface area contributed by atoms with E-state index in [4.69, 9.17) is 0 Å². The quantitative estimate of drug-likeness (QED) is 0.842. The lowest BCUT2D eigenvalue weighted by molar-refractivity contribution is -0.138. The highest BCUT2D eigenvalue weighted by atomic mass is 19.4. The van der Waals surface area contributed by atoms with E-state index >= 15 is 0 Å². The van der Waals surface area contributed by atoms with E-state index in [1.54, 1.807) is 13.8 Å². The van der Waals surface area contributed by atoms with Crippen LogP contribution in [0.1, 0.15) is 42.6 Å². The Kier molecular flexibility index (Phi) is 4.16. The van der Waals surface area contributed by atoms with E-state index in [0.29, 0.717) is 0 Å². The van der Waals surface area contributed by atoms with Crippen LogP contribution >= 0.6 is 0 Å². The van der Waals surface area contributed by atoms with Crippen LogP contribution in [0.3, 0.4) is 0 Å². The lowest BCUT2D eigenvalue weighted by atomic mass is 9.86. The highest BCUT2D eigenvalue weighted by molar-refractivity contribution is 6.03. The molecule has 0 aliphatic heterocycles. The summed E-state index contributed by atoms with van der Waals surface area (Å²) in [4.78, 5) is 12.0. The van der Waals surface area contributed by atoms with Crippen LogP contribution in [0, 0.1) is 0 Å². The number of aliphatic hydroxyl groups is 1. The van der Waals surface area contributed by atoms with Gasteiger partial charge in [-0.2, -0.15) is 13.2 Å². The van der Waals surface area contributed by atoms with E-state index in [1.165, 1.54) is 12.1 Å². The molecule has 18 heavy (non-hydrogen) atoms. The molecule has 0 radical (unpaired) electrons. The van der Waals surface area contributed by atoms with Crippen LogP contribution in [-0.2, 0) is 6.18 Å². The summed E-state index contributed by atoms with van der Waals surface area (Å²) in [7, 11) is 0. The standard InChI is InChI=1S/C13H15F3O2/c1-3-12(18,4-2)11(17)9-7-5-6-8-10(9)13(14,15)16/h5-8,18H,3-4H2,1-2H3. The monoisotopic (exact) mass is 260 g/mol. The molecule has 0 spiro atoms. The zero-order valence-corrected chi connectivity index (χ0v) is 10.2. The summed E-state index contributed by atoms with van der Waals surface area (Å²) in [6.07, 6.45) is -4.45. The van der Waals surface area contributed by atoms with Gasteiger partial charge in [-0.25, -0.2) is 0 Å². The highest BCUT2D eigenvalue weighted by Crippen LogP contribution is 2.34. The molecule has 0 aliphatic rings. The van der Waals surface area contributed by atoms with Gasteiger partial charge in [-0.05, 0) is 18.9 Å². The van der Waals surface area contributed by atoms with Gasteiger partial charge >= 0.3 is 6.18 Å². The number of ketones is 1. The van der Waals surface area contributed by atoms with E-state index in [9.17, 15) is 23.1 Å². The van der Waals surface area contributed by atoms with Crippen LogP contribution in [0.2, 0.25) is 0 Å². The van der Waals surface area contributed by atoms with E-state index in [-0.39, 0.29) is 12.8 Å². The Morgan fingerprint density at radius 1 is 1.17 bits per heavy atom. The molecule has 0 bridgehead atoms. The van der Waals surface area contributed by atoms with Gasteiger partial charge in [0.1, 0.15) is 5.60 Å². The third kappa shape index (κ3) is 2.72. The van der Waals surface area contributed by atoms with Crippen LogP contribution in [0.4, 0.5) is 13.2 Å². The minimum atomic E-state index is -4.60. The second-order valence-electron chi connectivity index (χ2n) is 4.11. The number of rotatable bonds is 4. The summed E-state index contributed by atoms with van der Waals surface area (Å²) >= 11 is 0. The lowest BCUT2D eigenvalue weighted by Crippen LogP contribution is -2.38. The molecule has 1 aromatic carbocycles. The normalized spacial score (nSPS) is 12.6. The van der Waals surface area contributed by atoms with Gasteiger partial charge in [-0.3, -0.25) is 4.79 Å². The van der Waals surface area contributed by atoms with E-state index < -0.39 is 28.7 Å². The van der Waals surface area contributed by atoms with E-state index in [0.717, 1.165) is 12.1 Å². The molecule has 0 amide bonds. The average Bonchev–Trinajstić information content (AvgIpc) is 2.36. The van der Waals surface area contributed by atoms with Gasteiger partial charge in [0.2, 0.25) is 0 Å². The topological polar surface area (TPSA) is 37.3 Å². The van der Waals surface area contributed by atoms with Crippen molar-refractivity contribution >= 4 is 5.78 Å². The molecule has 2 nitrogen and oxygen atoms in total. The van der Waals surface area contributed by atoms with Gasteiger partial charge in [0, 0.05) is 5.56 Å². The van der Waals surface area contributed by atoms with Crippen molar-refractivity contribution in [3.05, 3.63) is 35.4 Å². The molecule has 0 atom stereocenters. The fourth-order valence-corrected chi connectivity index (χ4v) is 1.75. The molecule has 0 unspecified atom stereocenters. The maximum atomic E-state index is 12.8. The number of benzene rings is 1. The zero-order chi connectivity index (χ0) is 14.0. The van der Waals surface area contributed by atoms with Gasteiger partial charge in [0.15, 0.2) is 5.78 Å². The minimum absolute atomic E-state index is 0.0779. The second-order valence-corrected chi connectivity index (χ2v) is 4.11. The van der Waals surface area contributed by atoms with Crippen molar-refractivity contribution in [2.24, 2.45) is 0 Å². The number of hydrogen-bond donors (Lipinski definition) is 1. The lowest BCUT2D eigenvalue weighted by Gasteiger charge is -2.25. The highest BCUT2D eigenvalue weighted by Gasteiger charge is 2.40. The second kappa shape index (κ2) is 5.10. The van der Waals surface area contributed by atoms with Crippen molar-refractivity contribution in [2.45, 2.75) is 38.5 Å². The maximum absolute atomic E-state index is 12.8. The summed E-state index contributed by atoms with van der Waals surface area (Å²) in [5.74, 6) is -0.875. The van der Waals surface area contributed by atoms with Crippen LogP contribution in [0.25, 0.3) is 0 Å². The molecule has 0 saturated carbocycles. The minimum Gasteiger partial charge on any atom is -0.382 e. The van der Waals surface area contributed by atoms with Crippen molar-refractivity contribution in [3.8, 4) is 0 Å². The zero-order valence-electron chi connectivity index (χ0n) is 10.2. The van der Waals surface area contributed by atoms with Gasteiger partial charge in [-0.15, -0.1) is 0 Å². The molecule has 100 valence electrons. The molecule has 0 fully saturated rings. The van der Waals surface area contributed by atoms with Gasteiger partial charge in [-0.1, -0.05) is 32.0 Å². The number of hydrogen-bond acceptors (Lipinski definition) is 2. The van der Waals surface area contributed by atoms with Gasteiger partial charge < -0.3 is 5.11 Å². The summed E-state index contributed by atoms with van der Waals surface area (Å²) in [6, 6.07) is 4.52. The third-order valence-corrected chi connectivity index (χ3v) is 3.07. The molecule has 0 aromatic heterocycles. The van der Waals surface area contributed by atoms with Crippen molar-refractivity contribution in [1.29, 1.82) is 0 Å². The van der Waals surface area contributed by atoms with E-state index in [2.05, 4.69) is 0 Å². The molecular formula is C13H15F3O2. The SMILES string of the molecule is CCC(O)(CC)C(=O)c1ccccc1C(F)(F)F. The number of carbonyl (C=O) groups is 1. The van der Waals surface area contributed by atoms with Crippen molar-refractivity contribution in [3.63, 3.8) is 0 Å². The Bertz CT molecular complexity index is 434. The molecule has 1 N–H and O–H groups in total. The first kappa shape index (κ1) is 14.7. The Morgan fingerprint density at radius 3 is 2.11 bits per heavy atom. The third-order valence-electron chi connectivity index (χ3n) is 3.07. The molecule has 1 rings (SSSR count). The Hall–Kier alpha value is -1.36. The predicted octanol–water partition coefficient (Wildman–Crippen LogP) is 3.44. The van der Waals surface area contributed by atoms with Gasteiger partial charge in [0.25, 0.3) is 0 Å². The summed E-state index contributed by atoms with van der Waals surface area (Å²) in [5.41, 5.74) is -3.21. The summed E-state index contributed by atoms with van der Waals surface area (Å²) in [5, 5.41) is 10.0. The maximum Gasteiger partial charge on any atom is 0.417 e. The van der Waals surface area contributed by atoms with E-state index in [1.807, 2.05) is 0 Å². The molecule has 5 heteroatoms. The summed E-state index contributed by atoms with van der Waals surface area (Å²) in [6.45, 7) is 3.13. The average molecular weight is 260 g/mol. The molecule has 0 heterocycles. The molecular weight excluding hydrogens is 245 g/mol. The smallest absolute Gasteiger partial charge is 0.382 e. The summed E-state index contributed by atoms with van der Waals surface area (Å²) < 4.78 is 38.3. The van der Waals surface area contributed by atoms with Gasteiger partial charge in [0.05, 0.1) is 5.56 Å². The fourth-order valence-electron chi connectivity index (χ4n) is 1.75. The molecule has 0 aliphatic carbocycles. The molecule has 0 saturated heterocycles. The van der Waals surface area contributed by atoms with Crippen LogP contribution < -0.4 is 0 Å². The van der Waals surface area contributed by atoms with Crippen molar-refractivity contribution in [1.82, 2.24) is 0 Å². The van der Waals surface area contributed by atoms with Crippen LogP contribution in [-0.4, -0.2) is 16.5 Å². The number of halogens is 3. The first-order chi connectivity index (χ1) is 8.26. The largest absolute Gasteiger partial charge is 0.417 e. The van der Waals surface area contributed by atoms with Crippen molar-refractivity contribution in [2.75, 3.05) is 0 Å². The van der Waals surface area contributed by atoms with Crippen LogP contribution in [0.5, 0.6) is 0 Å². The number of Topliss-reactive ketones (excluding diaryl/α,β-unsaturated/α-hetero) is 1. The predicted molar refractivity (Wildman–Crippen MR) is 61.3 cm³/mol.